The largest absolute Gasteiger partial charge is 0.455 e. The molecule has 56 heavy (non-hydrogen) atoms. The van der Waals surface area contributed by atoms with E-state index in [0.717, 1.165) is 83.0 Å². The highest BCUT2D eigenvalue weighted by Gasteiger charge is 2.20. The van der Waals surface area contributed by atoms with Crippen LogP contribution in [-0.4, -0.2) is 19.5 Å². The summed E-state index contributed by atoms with van der Waals surface area (Å²) in [5, 5.41) is 4.57. The van der Waals surface area contributed by atoms with Crippen molar-refractivity contribution < 1.29 is 4.42 Å². The van der Waals surface area contributed by atoms with Gasteiger partial charge in [0.15, 0.2) is 17.5 Å². The number of aromatic nitrogens is 4. The summed E-state index contributed by atoms with van der Waals surface area (Å²) in [5.41, 5.74) is 12.3. The number of fused-ring (bicyclic) bond motifs is 6. The number of hydrogen-bond acceptors (Lipinski definition) is 4. The first-order valence-electron chi connectivity index (χ1n) is 18.8. The second-order valence-corrected chi connectivity index (χ2v) is 14.0. The van der Waals surface area contributed by atoms with Crippen molar-refractivity contribution in [2.75, 3.05) is 0 Å². The Morgan fingerprint density at radius 1 is 0.357 bits per heavy atom. The third-order valence-electron chi connectivity index (χ3n) is 10.7. The Bertz CT molecular complexity index is 3180. The quantitative estimate of drug-likeness (QED) is 0.172. The normalized spacial score (nSPS) is 11.6. The molecule has 11 aromatic rings. The third kappa shape index (κ3) is 5.29. The maximum Gasteiger partial charge on any atom is 0.164 e. The van der Waals surface area contributed by atoms with Gasteiger partial charge in [0.1, 0.15) is 11.2 Å². The average molecular weight is 717 g/mol. The summed E-state index contributed by atoms with van der Waals surface area (Å²) in [6, 6.07) is 67.5. The van der Waals surface area contributed by atoms with Gasteiger partial charge in [0.25, 0.3) is 0 Å². The van der Waals surface area contributed by atoms with Gasteiger partial charge in [-0.15, -0.1) is 0 Å². The first-order valence-corrected chi connectivity index (χ1v) is 18.8. The standard InChI is InChI=1S/C51H32N4O/c1-4-15-33(16-5-1)49-52-50(34-17-6-2-7-18-34)54-51(53-49)37-20-12-19-35(31-37)39-24-14-27-45-47(39)43-32-36(29-30-44(43)55(45)38-21-8-3-9-22-38)40-25-13-26-42-41-23-10-11-28-46(41)56-48(40)42/h1-32H. The fourth-order valence-corrected chi connectivity index (χ4v) is 8.07. The van der Waals surface area contributed by atoms with E-state index in [-0.39, 0.29) is 0 Å². The van der Waals surface area contributed by atoms with Gasteiger partial charge in [-0.05, 0) is 59.2 Å². The van der Waals surface area contributed by atoms with Crippen molar-refractivity contribution >= 4 is 43.7 Å². The van der Waals surface area contributed by atoms with E-state index < -0.39 is 0 Å². The topological polar surface area (TPSA) is 56.7 Å². The molecule has 0 amide bonds. The highest BCUT2D eigenvalue weighted by Crippen LogP contribution is 2.42. The number of nitrogens with zero attached hydrogens (tertiary/aromatic N) is 4. The molecule has 0 unspecified atom stereocenters. The van der Waals surface area contributed by atoms with Crippen molar-refractivity contribution in [1.29, 1.82) is 0 Å². The Hall–Kier alpha value is -7.63. The summed E-state index contributed by atoms with van der Waals surface area (Å²) in [7, 11) is 0. The summed E-state index contributed by atoms with van der Waals surface area (Å²) < 4.78 is 8.88. The Morgan fingerprint density at radius 2 is 0.911 bits per heavy atom. The van der Waals surface area contributed by atoms with E-state index in [2.05, 4.69) is 126 Å². The van der Waals surface area contributed by atoms with E-state index in [0.29, 0.717) is 17.5 Å². The molecule has 262 valence electrons. The van der Waals surface area contributed by atoms with Crippen LogP contribution in [0.15, 0.2) is 199 Å². The lowest BCUT2D eigenvalue weighted by Gasteiger charge is -2.11. The van der Waals surface area contributed by atoms with Gasteiger partial charge in [-0.2, -0.15) is 0 Å². The molecule has 0 aliphatic rings. The van der Waals surface area contributed by atoms with Gasteiger partial charge in [-0.3, -0.25) is 0 Å². The second-order valence-electron chi connectivity index (χ2n) is 14.0. The van der Waals surface area contributed by atoms with Crippen LogP contribution >= 0.6 is 0 Å². The minimum absolute atomic E-state index is 0.625. The maximum absolute atomic E-state index is 6.51. The van der Waals surface area contributed by atoms with Gasteiger partial charge in [-0.25, -0.2) is 15.0 Å². The summed E-state index contributed by atoms with van der Waals surface area (Å²) in [4.78, 5) is 15.0. The molecule has 0 spiro atoms. The third-order valence-corrected chi connectivity index (χ3v) is 10.7. The summed E-state index contributed by atoms with van der Waals surface area (Å²) in [6.45, 7) is 0. The molecule has 0 bridgehead atoms. The number of rotatable bonds is 6. The van der Waals surface area contributed by atoms with Crippen LogP contribution in [0.4, 0.5) is 0 Å². The molecular formula is C51H32N4O. The molecule has 8 aromatic carbocycles. The van der Waals surface area contributed by atoms with Crippen molar-refractivity contribution in [3.8, 4) is 62.1 Å². The SMILES string of the molecule is c1ccc(-c2nc(-c3ccccc3)nc(-c3cccc(-c4cccc5c4c4cc(-c6cccc7c6oc6ccccc67)ccc4n5-c4ccccc4)c3)n2)cc1. The zero-order valence-corrected chi connectivity index (χ0v) is 30.2. The highest BCUT2D eigenvalue weighted by atomic mass is 16.3. The predicted octanol–water partition coefficient (Wildman–Crippen LogP) is 13.2. The number of hydrogen-bond donors (Lipinski definition) is 0. The Morgan fingerprint density at radius 3 is 1.66 bits per heavy atom. The maximum atomic E-state index is 6.51. The van der Waals surface area contributed by atoms with Crippen LogP contribution < -0.4 is 0 Å². The predicted molar refractivity (Wildman–Crippen MR) is 229 cm³/mol. The molecule has 0 fully saturated rings. The number of para-hydroxylation sites is 3. The molecule has 5 heteroatoms. The molecule has 3 heterocycles. The molecule has 0 N–H and O–H groups in total. The van der Waals surface area contributed by atoms with Gasteiger partial charge in [0.05, 0.1) is 11.0 Å². The van der Waals surface area contributed by atoms with Crippen LogP contribution in [0.1, 0.15) is 0 Å². The minimum Gasteiger partial charge on any atom is -0.455 e. The van der Waals surface area contributed by atoms with Crippen LogP contribution in [0.3, 0.4) is 0 Å². The second kappa shape index (κ2) is 13.0. The van der Waals surface area contributed by atoms with Gasteiger partial charge < -0.3 is 8.98 Å². The molecule has 0 saturated heterocycles. The molecule has 3 aromatic heterocycles. The van der Waals surface area contributed by atoms with Crippen LogP contribution in [0.5, 0.6) is 0 Å². The summed E-state index contributed by atoms with van der Waals surface area (Å²) in [5.74, 6) is 1.90. The zero-order chi connectivity index (χ0) is 37.0. The van der Waals surface area contributed by atoms with Gasteiger partial charge in [0.2, 0.25) is 0 Å². The highest BCUT2D eigenvalue weighted by molar-refractivity contribution is 6.17. The van der Waals surface area contributed by atoms with Crippen molar-refractivity contribution in [2.45, 2.75) is 0 Å². The molecule has 0 radical (unpaired) electrons. The van der Waals surface area contributed by atoms with Gasteiger partial charge in [-0.1, -0.05) is 152 Å². The summed E-state index contributed by atoms with van der Waals surface area (Å²) in [6.07, 6.45) is 0. The lowest BCUT2D eigenvalue weighted by atomic mass is 9.96. The fourth-order valence-electron chi connectivity index (χ4n) is 8.07. The lowest BCUT2D eigenvalue weighted by Crippen LogP contribution is -2.00. The van der Waals surface area contributed by atoms with E-state index in [1.807, 2.05) is 72.8 Å². The Balaban J connectivity index is 1.13. The summed E-state index contributed by atoms with van der Waals surface area (Å²) >= 11 is 0. The minimum atomic E-state index is 0.625. The van der Waals surface area contributed by atoms with Crippen LogP contribution in [-0.2, 0) is 0 Å². The number of furan rings is 1. The van der Waals surface area contributed by atoms with Crippen molar-refractivity contribution in [1.82, 2.24) is 19.5 Å². The van der Waals surface area contributed by atoms with Crippen LogP contribution in [0.25, 0.3) is 106 Å². The Kier molecular flexibility index (Phi) is 7.42. The molecule has 5 nitrogen and oxygen atoms in total. The molecule has 0 aliphatic carbocycles. The molecule has 0 atom stereocenters. The van der Waals surface area contributed by atoms with Gasteiger partial charge >= 0.3 is 0 Å². The molecule has 0 aliphatic heterocycles. The van der Waals surface area contributed by atoms with Crippen LogP contribution in [0.2, 0.25) is 0 Å². The van der Waals surface area contributed by atoms with E-state index >= 15 is 0 Å². The van der Waals surface area contributed by atoms with E-state index in [4.69, 9.17) is 19.4 Å². The monoisotopic (exact) mass is 716 g/mol. The van der Waals surface area contributed by atoms with Gasteiger partial charge in [0, 0.05) is 49.5 Å². The first kappa shape index (κ1) is 31.9. The Labute approximate surface area is 322 Å². The van der Waals surface area contributed by atoms with Crippen LogP contribution in [0, 0.1) is 0 Å². The molecule has 11 rings (SSSR count). The lowest BCUT2D eigenvalue weighted by molar-refractivity contribution is 0.670. The fraction of sp³-hybridized carbons (Fsp3) is 0. The average Bonchev–Trinajstić information content (AvgIpc) is 3.83. The van der Waals surface area contributed by atoms with Crippen molar-refractivity contribution in [3.05, 3.63) is 194 Å². The molecular weight excluding hydrogens is 685 g/mol. The van der Waals surface area contributed by atoms with Crippen molar-refractivity contribution in [2.24, 2.45) is 0 Å². The molecule has 0 saturated carbocycles. The van der Waals surface area contributed by atoms with E-state index in [9.17, 15) is 0 Å². The first-order chi connectivity index (χ1) is 27.8. The zero-order valence-electron chi connectivity index (χ0n) is 30.2. The number of benzene rings is 8. The smallest absolute Gasteiger partial charge is 0.164 e. The van der Waals surface area contributed by atoms with Crippen molar-refractivity contribution in [3.63, 3.8) is 0 Å². The van der Waals surface area contributed by atoms with E-state index in [1.54, 1.807) is 0 Å². The van der Waals surface area contributed by atoms with E-state index in [1.165, 1.54) is 5.39 Å².